The van der Waals surface area contributed by atoms with E-state index in [0.717, 1.165) is 12.8 Å². The van der Waals surface area contributed by atoms with Crippen LogP contribution < -0.4 is 5.32 Å². The van der Waals surface area contributed by atoms with Crippen molar-refractivity contribution in [2.24, 2.45) is 0 Å². The van der Waals surface area contributed by atoms with Gasteiger partial charge in [0.25, 0.3) is 0 Å². The molecule has 1 amide bonds. The summed E-state index contributed by atoms with van der Waals surface area (Å²) >= 11 is 0. The molecule has 0 aliphatic rings. The standard InChI is InChI=1S/C16H26N2O/c1-5-13(3)17-11-16(19)18(4)12-15-9-7-14(6-2)8-10-15/h7-10,13,17H,5-6,11-12H2,1-4H3. The summed E-state index contributed by atoms with van der Waals surface area (Å²) in [5.41, 5.74) is 2.51. The molecule has 0 heterocycles. The van der Waals surface area contributed by atoms with Crippen LogP contribution in [0.1, 0.15) is 38.3 Å². The first-order valence-corrected chi connectivity index (χ1v) is 7.12. The third-order valence-electron chi connectivity index (χ3n) is 3.49. The lowest BCUT2D eigenvalue weighted by Gasteiger charge is -2.19. The molecule has 1 atom stereocenters. The number of hydrogen-bond acceptors (Lipinski definition) is 2. The molecule has 1 N–H and O–H groups in total. The molecule has 0 aliphatic heterocycles. The molecule has 19 heavy (non-hydrogen) atoms. The van der Waals surface area contributed by atoms with E-state index in [0.29, 0.717) is 19.1 Å². The summed E-state index contributed by atoms with van der Waals surface area (Å²) in [5.74, 6) is 0.139. The van der Waals surface area contributed by atoms with Gasteiger partial charge in [-0.1, -0.05) is 38.1 Å². The number of nitrogens with one attached hydrogen (secondary N) is 1. The Kier molecular flexibility index (Phi) is 6.57. The van der Waals surface area contributed by atoms with E-state index in [1.54, 1.807) is 4.90 Å². The van der Waals surface area contributed by atoms with E-state index in [2.05, 4.69) is 50.4 Å². The van der Waals surface area contributed by atoms with Crippen LogP contribution in [0.15, 0.2) is 24.3 Å². The molecule has 1 unspecified atom stereocenters. The quantitative estimate of drug-likeness (QED) is 0.819. The molecular formula is C16H26N2O. The number of nitrogens with zero attached hydrogens (tertiary/aromatic N) is 1. The second kappa shape index (κ2) is 7.95. The van der Waals surface area contributed by atoms with Gasteiger partial charge in [0.15, 0.2) is 0 Å². The summed E-state index contributed by atoms with van der Waals surface area (Å²) in [7, 11) is 1.86. The van der Waals surface area contributed by atoms with Crippen molar-refractivity contribution in [3.8, 4) is 0 Å². The monoisotopic (exact) mass is 262 g/mol. The van der Waals surface area contributed by atoms with Crippen molar-refractivity contribution in [2.75, 3.05) is 13.6 Å². The zero-order chi connectivity index (χ0) is 14.3. The fourth-order valence-electron chi connectivity index (χ4n) is 1.78. The van der Waals surface area contributed by atoms with Crippen LogP contribution in [0.4, 0.5) is 0 Å². The normalized spacial score (nSPS) is 12.2. The van der Waals surface area contributed by atoms with E-state index in [1.165, 1.54) is 11.1 Å². The molecule has 0 aromatic heterocycles. The molecule has 0 saturated heterocycles. The van der Waals surface area contributed by atoms with Gasteiger partial charge in [-0.05, 0) is 30.9 Å². The first-order chi connectivity index (χ1) is 9.06. The van der Waals surface area contributed by atoms with E-state index >= 15 is 0 Å². The van der Waals surface area contributed by atoms with Crippen molar-refractivity contribution in [3.63, 3.8) is 0 Å². The number of aryl methyl sites for hydroxylation is 1. The molecule has 3 nitrogen and oxygen atoms in total. The second-order valence-corrected chi connectivity index (χ2v) is 5.11. The van der Waals surface area contributed by atoms with Gasteiger partial charge in [0.05, 0.1) is 6.54 Å². The molecule has 1 aromatic rings. The van der Waals surface area contributed by atoms with Crippen molar-refractivity contribution in [1.82, 2.24) is 10.2 Å². The highest BCUT2D eigenvalue weighted by Gasteiger charge is 2.10. The molecular weight excluding hydrogens is 236 g/mol. The summed E-state index contributed by atoms with van der Waals surface area (Å²) in [6.07, 6.45) is 2.09. The van der Waals surface area contributed by atoms with Gasteiger partial charge in [0, 0.05) is 19.6 Å². The largest absolute Gasteiger partial charge is 0.340 e. The van der Waals surface area contributed by atoms with Crippen LogP contribution in [0, 0.1) is 0 Å². The van der Waals surface area contributed by atoms with Gasteiger partial charge in [-0.2, -0.15) is 0 Å². The highest BCUT2D eigenvalue weighted by atomic mass is 16.2. The average molecular weight is 262 g/mol. The fourth-order valence-corrected chi connectivity index (χ4v) is 1.78. The van der Waals surface area contributed by atoms with Crippen molar-refractivity contribution in [1.29, 1.82) is 0 Å². The van der Waals surface area contributed by atoms with Gasteiger partial charge in [0.2, 0.25) is 5.91 Å². The van der Waals surface area contributed by atoms with Gasteiger partial charge in [-0.25, -0.2) is 0 Å². The Morgan fingerprint density at radius 2 is 1.79 bits per heavy atom. The fraction of sp³-hybridized carbons (Fsp3) is 0.562. The minimum absolute atomic E-state index is 0.139. The zero-order valence-electron chi connectivity index (χ0n) is 12.6. The summed E-state index contributed by atoms with van der Waals surface area (Å²) in [6.45, 7) is 7.44. The number of benzene rings is 1. The molecule has 0 saturated carbocycles. The van der Waals surface area contributed by atoms with Crippen molar-refractivity contribution in [2.45, 2.75) is 46.2 Å². The molecule has 0 spiro atoms. The SMILES string of the molecule is CCc1ccc(CN(C)C(=O)CNC(C)CC)cc1. The first kappa shape index (κ1) is 15.7. The Morgan fingerprint density at radius 1 is 1.21 bits per heavy atom. The second-order valence-electron chi connectivity index (χ2n) is 5.11. The van der Waals surface area contributed by atoms with Crippen LogP contribution in [-0.2, 0) is 17.8 Å². The third kappa shape index (κ3) is 5.43. The Morgan fingerprint density at radius 3 is 2.32 bits per heavy atom. The van der Waals surface area contributed by atoms with Gasteiger partial charge < -0.3 is 10.2 Å². The van der Waals surface area contributed by atoms with Crippen LogP contribution in [-0.4, -0.2) is 30.4 Å². The maximum Gasteiger partial charge on any atom is 0.236 e. The first-order valence-electron chi connectivity index (χ1n) is 7.12. The lowest BCUT2D eigenvalue weighted by atomic mass is 10.1. The minimum Gasteiger partial charge on any atom is -0.340 e. The van der Waals surface area contributed by atoms with Crippen LogP contribution in [0.2, 0.25) is 0 Å². The van der Waals surface area contributed by atoms with Gasteiger partial charge in [-0.3, -0.25) is 4.79 Å². The smallest absolute Gasteiger partial charge is 0.236 e. The zero-order valence-corrected chi connectivity index (χ0v) is 12.6. The molecule has 0 bridgehead atoms. The number of carbonyl (C=O) groups excluding carboxylic acids is 1. The Hall–Kier alpha value is -1.35. The summed E-state index contributed by atoms with van der Waals surface area (Å²) in [5, 5.41) is 3.23. The van der Waals surface area contributed by atoms with E-state index in [4.69, 9.17) is 0 Å². The Labute approximate surface area is 117 Å². The molecule has 1 aromatic carbocycles. The molecule has 1 rings (SSSR count). The van der Waals surface area contributed by atoms with Crippen LogP contribution in [0.3, 0.4) is 0 Å². The average Bonchev–Trinajstić information content (AvgIpc) is 2.44. The van der Waals surface area contributed by atoms with Crippen LogP contribution in [0.25, 0.3) is 0 Å². The predicted molar refractivity (Wildman–Crippen MR) is 80.0 cm³/mol. The minimum atomic E-state index is 0.139. The number of hydrogen-bond donors (Lipinski definition) is 1. The summed E-state index contributed by atoms with van der Waals surface area (Å²) in [6, 6.07) is 8.85. The van der Waals surface area contributed by atoms with Gasteiger partial charge in [0.1, 0.15) is 0 Å². The highest BCUT2D eigenvalue weighted by molar-refractivity contribution is 5.78. The van der Waals surface area contributed by atoms with E-state index < -0.39 is 0 Å². The maximum atomic E-state index is 12.0. The topological polar surface area (TPSA) is 32.3 Å². The predicted octanol–water partition coefficient (Wildman–Crippen LogP) is 2.60. The number of amides is 1. The molecule has 0 aliphatic carbocycles. The lowest BCUT2D eigenvalue weighted by Crippen LogP contribution is -2.38. The van der Waals surface area contributed by atoms with Crippen LogP contribution >= 0.6 is 0 Å². The van der Waals surface area contributed by atoms with Gasteiger partial charge >= 0.3 is 0 Å². The Balaban J connectivity index is 2.44. The van der Waals surface area contributed by atoms with Gasteiger partial charge in [-0.15, -0.1) is 0 Å². The summed E-state index contributed by atoms with van der Waals surface area (Å²) in [4.78, 5) is 13.7. The molecule has 106 valence electrons. The summed E-state index contributed by atoms with van der Waals surface area (Å²) < 4.78 is 0. The van der Waals surface area contributed by atoms with Crippen molar-refractivity contribution >= 4 is 5.91 Å². The van der Waals surface area contributed by atoms with E-state index in [1.807, 2.05) is 7.05 Å². The number of carbonyl (C=O) groups is 1. The molecule has 3 heteroatoms. The number of likely N-dealkylation sites (N-methyl/N-ethyl adjacent to an activating group) is 1. The highest BCUT2D eigenvalue weighted by Crippen LogP contribution is 2.07. The molecule has 0 fully saturated rings. The Bertz CT molecular complexity index is 386. The molecule has 0 radical (unpaired) electrons. The van der Waals surface area contributed by atoms with Crippen molar-refractivity contribution in [3.05, 3.63) is 35.4 Å². The van der Waals surface area contributed by atoms with E-state index in [-0.39, 0.29) is 5.91 Å². The maximum absolute atomic E-state index is 12.0. The van der Waals surface area contributed by atoms with Crippen molar-refractivity contribution < 1.29 is 4.79 Å². The third-order valence-corrected chi connectivity index (χ3v) is 3.49. The van der Waals surface area contributed by atoms with Crippen LogP contribution in [0.5, 0.6) is 0 Å². The number of rotatable bonds is 7. The van der Waals surface area contributed by atoms with E-state index in [9.17, 15) is 4.79 Å². The lowest BCUT2D eigenvalue weighted by molar-refractivity contribution is -0.129.